The largest absolute Gasteiger partial charge is 0.360 e. The van der Waals surface area contributed by atoms with E-state index in [4.69, 9.17) is 0 Å². The van der Waals surface area contributed by atoms with Crippen LogP contribution in [-0.4, -0.2) is 28.4 Å². The summed E-state index contributed by atoms with van der Waals surface area (Å²) in [5.41, 5.74) is 1.85. The van der Waals surface area contributed by atoms with Crippen molar-refractivity contribution in [3.8, 4) is 0 Å². The summed E-state index contributed by atoms with van der Waals surface area (Å²) in [4.78, 5) is 12.0. The Morgan fingerprint density at radius 1 is 1.39 bits per heavy atom. The highest BCUT2D eigenvalue weighted by Gasteiger charge is 2.09. The van der Waals surface area contributed by atoms with E-state index in [-0.39, 0.29) is 5.91 Å². The molecule has 0 aliphatic heterocycles. The van der Waals surface area contributed by atoms with Gasteiger partial charge in [0.15, 0.2) is 4.34 Å². The second kappa shape index (κ2) is 8.65. The first-order valence-electron chi connectivity index (χ1n) is 7.20. The van der Waals surface area contributed by atoms with Crippen LogP contribution in [-0.2, 0) is 4.79 Å². The van der Waals surface area contributed by atoms with Crippen molar-refractivity contribution in [2.45, 2.75) is 25.1 Å². The SMILES string of the molecule is Cc1cc(Br)ccc1NC(=O)CSc1nnc(NCC(C)C)s1. The maximum atomic E-state index is 12.0. The van der Waals surface area contributed by atoms with Gasteiger partial charge >= 0.3 is 0 Å². The lowest BCUT2D eigenvalue weighted by molar-refractivity contribution is -0.113. The number of aryl methyl sites for hydroxylation is 1. The Morgan fingerprint density at radius 3 is 2.87 bits per heavy atom. The van der Waals surface area contributed by atoms with Crippen LogP contribution in [0.25, 0.3) is 0 Å². The van der Waals surface area contributed by atoms with Gasteiger partial charge in [-0.2, -0.15) is 0 Å². The van der Waals surface area contributed by atoms with Crippen molar-refractivity contribution in [1.82, 2.24) is 10.2 Å². The molecule has 0 radical (unpaired) electrons. The molecular weight excluding hydrogens is 396 g/mol. The molecular formula is C15H19BrN4OS2. The normalized spacial score (nSPS) is 10.8. The lowest BCUT2D eigenvalue weighted by Crippen LogP contribution is -2.14. The Labute approximate surface area is 152 Å². The summed E-state index contributed by atoms with van der Waals surface area (Å²) in [5, 5.41) is 15.1. The highest BCUT2D eigenvalue weighted by molar-refractivity contribution is 9.10. The summed E-state index contributed by atoms with van der Waals surface area (Å²) in [7, 11) is 0. The zero-order valence-corrected chi connectivity index (χ0v) is 16.4. The molecule has 5 nitrogen and oxygen atoms in total. The summed E-state index contributed by atoms with van der Waals surface area (Å²) < 4.78 is 1.79. The second-order valence-corrected chi connectivity index (χ2v) is 8.56. The minimum Gasteiger partial charge on any atom is -0.360 e. The molecule has 124 valence electrons. The van der Waals surface area contributed by atoms with Gasteiger partial charge in [0.05, 0.1) is 5.75 Å². The molecule has 0 aliphatic carbocycles. The zero-order valence-electron chi connectivity index (χ0n) is 13.2. The monoisotopic (exact) mass is 414 g/mol. The molecule has 0 aliphatic rings. The molecule has 1 amide bonds. The number of nitrogens with one attached hydrogen (secondary N) is 2. The van der Waals surface area contributed by atoms with Gasteiger partial charge in [0.25, 0.3) is 0 Å². The molecule has 0 fully saturated rings. The zero-order chi connectivity index (χ0) is 16.8. The Hall–Kier alpha value is -1.12. The Bertz CT molecular complexity index is 675. The van der Waals surface area contributed by atoms with Crippen LogP contribution in [0, 0.1) is 12.8 Å². The van der Waals surface area contributed by atoms with Crippen LogP contribution in [0.5, 0.6) is 0 Å². The predicted octanol–water partition coefficient (Wildman–Crippen LogP) is 4.41. The van der Waals surface area contributed by atoms with Crippen molar-refractivity contribution in [3.63, 3.8) is 0 Å². The summed E-state index contributed by atoms with van der Waals surface area (Å²) in [6.07, 6.45) is 0. The van der Waals surface area contributed by atoms with Gasteiger partial charge in [-0.25, -0.2) is 0 Å². The van der Waals surface area contributed by atoms with Crippen LogP contribution in [0.3, 0.4) is 0 Å². The van der Waals surface area contributed by atoms with E-state index < -0.39 is 0 Å². The molecule has 0 unspecified atom stereocenters. The maximum Gasteiger partial charge on any atom is 0.234 e. The third-order valence-corrected chi connectivity index (χ3v) is 5.36. The quantitative estimate of drug-likeness (QED) is 0.656. The van der Waals surface area contributed by atoms with Gasteiger partial charge in [-0.05, 0) is 36.6 Å². The smallest absolute Gasteiger partial charge is 0.234 e. The topological polar surface area (TPSA) is 66.9 Å². The van der Waals surface area contributed by atoms with Gasteiger partial charge < -0.3 is 10.6 Å². The van der Waals surface area contributed by atoms with Crippen molar-refractivity contribution in [2.75, 3.05) is 22.9 Å². The standard InChI is InChI=1S/C15H19BrN4OS2/c1-9(2)7-17-14-19-20-15(23-14)22-8-13(21)18-12-5-4-11(16)6-10(12)3/h4-6,9H,7-8H2,1-3H3,(H,17,19)(H,18,21). The maximum absolute atomic E-state index is 12.0. The average molecular weight is 415 g/mol. The number of halogens is 1. The van der Waals surface area contributed by atoms with Crippen molar-refractivity contribution >= 4 is 55.8 Å². The first-order chi connectivity index (χ1) is 10.9. The Morgan fingerprint density at radius 2 is 2.17 bits per heavy atom. The second-order valence-electron chi connectivity index (χ2n) is 5.44. The van der Waals surface area contributed by atoms with Crippen LogP contribution in [0.4, 0.5) is 10.8 Å². The molecule has 2 aromatic rings. The van der Waals surface area contributed by atoms with Gasteiger partial charge in [0, 0.05) is 16.7 Å². The van der Waals surface area contributed by atoms with Crippen molar-refractivity contribution in [1.29, 1.82) is 0 Å². The number of rotatable bonds is 7. The van der Waals surface area contributed by atoms with E-state index in [1.165, 1.54) is 23.1 Å². The molecule has 0 saturated heterocycles. The predicted molar refractivity (Wildman–Crippen MR) is 101 cm³/mol. The fraction of sp³-hybridized carbons (Fsp3) is 0.400. The Balaban J connectivity index is 1.82. The van der Waals surface area contributed by atoms with E-state index >= 15 is 0 Å². The van der Waals surface area contributed by atoms with E-state index in [1.807, 2.05) is 25.1 Å². The lowest BCUT2D eigenvalue weighted by Gasteiger charge is -2.07. The molecule has 8 heteroatoms. The van der Waals surface area contributed by atoms with E-state index in [0.717, 1.165) is 31.7 Å². The molecule has 1 aromatic carbocycles. The number of hydrogen-bond acceptors (Lipinski definition) is 6. The van der Waals surface area contributed by atoms with Gasteiger partial charge in [-0.15, -0.1) is 10.2 Å². The third kappa shape index (κ3) is 6.12. The van der Waals surface area contributed by atoms with E-state index in [0.29, 0.717) is 11.7 Å². The molecule has 2 rings (SSSR count). The minimum atomic E-state index is -0.0488. The van der Waals surface area contributed by atoms with Crippen molar-refractivity contribution in [2.24, 2.45) is 5.92 Å². The fourth-order valence-corrected chi connectivity index (χ4v) is 3.75. The van der Waals surface area contributed by atoms with E-state index in [1.54, 1.807) is 0 Å². The van der Waals surface area contributed by atoms with Gasteiger partial charge in [0.2, 0.25) is 11.0 Å². The highest BCUT2D eigenvalue weighted by Crippen LogP contribution is 2.26. The number of thioether (sulfide) groups is 1. The summed E-state index contributed by atoms with van der Waals surface area (Å²) in [5.74, 6) is 0.816. The number of hydrogen-bond donors (Lipinski definition) is 2. The average Bonchev–Trinajstić information content (AvgIpc) is 2.94. The number of nitrogens with zero attached hydrogens (tertiary/aromatic N) is 2. The summed E-state index contributed by atoms with van der Waals surface area (Å²) in [6, 6.07) is 5.77. The molecule has 1 heterocycles. The van der Waals surface area contributed by atoms with Crippen LogP contribution in [0.2, 0.25) is 0 Å². The number of amides is 1. The van der Waals surface area contributed by atoms with Crippen LogP contribution in [0.15, 0.2) is 27.0 Å². The first-order valence-corrected chi connectivity index (χ1v) is 9.79. The molecule has 0 atom stereocenters. The fourth-order valence-electron chi connectivity index (χ4n) is 1.71. The Kier molecular flexibility index (Phi) is 6.86. The molecule has 0 spiro atoms. The summed E-state index contributed by atoms with van der Waals surface area (Å²) in [6.45, 7) is 7.10. The van der Waals surface area contributed by atoms with Gasteiger partial charge in [-0.1, -0.05) is 52.9 Å². The van der Waals surface area contributed by atoms with Gasteiger partial charge in [0.1, 0.15) is 0 Å². The molecule has 23 heavy (non-hydrogen) atoms. The molecule has 2 N–H and O–H groups in total. The number of aromatic nitrogens is 2. The number of benzene rings is 1. The van der Waals surface area contributed by atoms with E-state index in [2.05, 4.69) is 50.6 Å². The third-order valence-electron chi connectivity index (χ3n) is 2.86. The van der Waals surface area contributed by atoms with E-state index in [9.17, 15) is 4.79 Å². The highest BCUT2D eigenvalue weighted by atomic mass is 79.9. The minimum absolute atomic E-state index is 0.0488. The van der Waals surface area contributed by atoms with Crippen molar-refractivity contribution < 1.29 is 4.79 Å². The summed E-state index contributed by atoms with van der Waals surface area (Å²) >= 11 is 6.28. The number of carbonyl (C=O) groups excluding carboxylic acids is 1. The molecule has 0 bridgehead atoms. The molecule has 1 aromatic heterocycles. The van der Waals surface area contributed by atoms with Gasteiger partial charge in [-0.3, -0.25) is 4.79 Å². The molecule has 0 saturated carbocycles. The number of anilines is 2. The van der Waals surface area contributed by atoms with Crippen LogP contribution >= 0.6 is 39.0 Å². The lowest BCUT2D eigenvalue weighted by atomic mass is 10.2. The number of carbonyl (C=O) groups is 1. The van der Waals surface area contributed by atoms with Crippen LogP contribution < -0.4 is 10.6 Å². The van der Waals surface area contributed by atoms with Crippen molar-refractivity contribution in [3.05, 3.63) is 28.2 Å². The van der Waals surface area contributed by atoms with Crippen LogP contribution in [0.1, 0.15) is 19.4 Å². The first kappa shape index (κ1) is 18.2.